The van der Waals surface area contributed by atoms with E-state index in [1.807, 2.05) is 29.0 Å². The summed E-state index contributed by atoms with van der Waals surface area (Å²) < 4.78 is 0. The summed E-state index contributed by atoms with van der Waals surface area (Å²) in [5.74, 6) is -1.23. The number of carbonyl (C=O) groups excluding carboxylic acids is 1. The van der Waals surface area contributed by atoms with Gasteiger partial charge in [-0.1, -0.05) is 23.7 Å². The smallest absolute Gasteiger partial charge is 0.323 e. The number of aliphatic carboxylic acids is 1. The lowest BCUT2D eigenvalue weighted by atomic mass is 9.89. The molecular formula is C19H26ClN3O3. The Balaban J connectivity index is 1.93. The fourth-order valence-electron chi connectivity index (χ4n) is 4.10. The third-order valence-electron chi connectivity index (χ3n) is 6.00. The first-order valence-corrected chi connectivity index (χ1v) is 9.31. The SMILES string of the molecule is CN1CCN(C(=O)[C@H]2C[C@@](C)(C(=O)O)N(C)[C@H]2c2ccc(Cl)cc2)CC1. The summed E-state index contributed by atoms with van der Waals surface area (Å²) in [6.45, 7) is 4.76. The average molecular weight is 380 g/mol. The number of hydrogen-bond donors (Lipinski definition) is 1. The molecule has 2 heterocycles. The van der Waals surface area contributed by atoms with E-state index in [0.717, 1.165) is 18.7 Å². The molecule has 0 aliphatic carbocycles. The van der Waals surface area contributed by atoms with E-state index in [0.29, 0.717) is 24.5 Å². The maximum Gasteiger partial charge on any atom is 0.323 e. The molecule has 2 fully saturated rings. The van der Waals surface area contributed by atoms with Crippen LogP contribution in [0.5, 0.6) is 0 Å². The van der Waals surface area contributed by atoms with Gasteiger partial charge in [-0.2, -0.15) is 0 Å². The maximum atomic E-state index is 13.3. The zero-order valence-electron chi connectivity index (χ0n) is 15.5. The van der Waals surface area contributed by atoms with Crippen LogP contribution in [-0.4, -0.2) is 77.5 Å². The van der Waals surface area contributed by atoms with Crippen LogP contribution in [0.4, 0.5) is 0 Å². The van der Waals surface area contributed by atoms with Crippen molar-refractivity contribution in [2.45, 2.75) is 24.9 Å². The number of rotatable bonds is 3. The Hall–Kier alpha value is -1.63. The summed E-state index contributed by atoms with van der Waals surface area (Å²) in [4.78, 5) is 31.1. The highest BCUT2D eigenvalue weighted by molar-refractivity contribution is 6.30. The molecule has 142 valence electrons. The second-order valence-corrected chi connectivity index (χ2v) is 8.06. The first-order valence-electron chi connectivity index (χ1n) is 8.93. The quantitative estimate of drug-likeness (QED) is 0.869. The van der Waals surface area contributed by atoms with Gasteiger partial charge in [-0.05, 0) is 45.1 Å². The summed E-state index contributed by atoms with van der Waals surface area (Å²) in [6, 6.07) is 7.08. The standard InChI is InChI=1S/C19H26ClN3O3/c1-19(18(25)26)12-15(17(24)23-10-8-21(2)9-11-23)16(22(19)3)13-4-6-14(20)7-5-13/h4-7,15-16H,8-12H2,1-3H3,(H,25,26)/t15-,16-,19-/m0/s1. The second-order valence-electron chi connectivity index (χ2n) is 7.63. The molecule has 0 spiro atoms. The summed E-state index contributed by atoms with van der Waals surface area (Å²) in [6.07, 6.45) is 0.303. The number of likely N-dealkylation sites (tertiary alicyclic amines) is 1. The van der Waals surface area contributed by atoms with Crippen LogP contribution in [0.2, 0.25) is 5.02 Å². The summed E-state index contributed by atoms with van der Waals surface area (Å²) in [5.41, 5.74) is -0.147. The number of nitrogens with zero attached hydrogens (tertiary/aromatic N) is 3. The normalized spacial score (nSPS) is 30.5. The van der Waals surface area contributed by atoms with E-state index in [2.05, 4.69) is 4.90 Å². The number of amides is 1. The van der Waals surface area contributed by atoms with Crippen molar-refractivity contribution < 1.29 is 14.7 Å². The molecule has 1 aromatic carbocycles. The van der Waals surface area contributed by atoms with Gasteiger partial charge in [0, 0.05) is 37.2 Å². The third kappa shape index (κ3) is 3.33. The fraction of sp³-hybridized carbons (Fsp3) is 0.579. The number of carboxylic acids is 1. The van der Waals surface area contributed by atoms with Crippen molar-refractivity contribution in [3.05, 3.63) is 34.9 Å². The van der Waals surface area contributed by atoms with Gasteiger partial charge in [0.1, 0.15) is 5.54 Å². The second kappa shape index (κ2) is 7.18. The Morgan fingerprint density at radius 3 is 2.23 bits per heavy atom. The van der Waals surface area contributed by atoms with Gasteiger partial charge in [0.15, 0.2) is 0 Å². The molecule has 1 aromatic rings. The molecule has 3 rings (SSSR count). The molecule has 1 amide bonds. The third-order valence-corrected chi connectivity index (χ3v) is 6.25. The maximum absolute atomic E-state index is 13.3. The van der Waals surface area contributed by atoms with Gasteiger partial charge in [-0.3, -0.25) is 14.5 Å². The van der Waals surface area contributed by atoms with Crippen LogP contribution in [0.15, 0.2) is 24.3 Å². The van der Waals surface area contributed by atoms with E-state index in [9.17, 15) is 14.7 Å². The van der Waals surface area contributed by atoms with Crippen LogP contribution in [0.25, 0.3) is 0 Å². The summed E-state index contributed by atoms with van der Waals surface area (Å²) in [5, 5.41) is 10.4. The molecule has 0 saturated carbocycles. The molecule has 6 nitrogen and oxygen atoms in total. The van der Waals surface area contributed by atoms with Crippen LogP contribution in [-0.2, 0) is 9.59 Å². The van der Waals surface area contributed by atoms with Crippen molar-refractivity contribution in [2.75, 3.05) is 40.3 Å². The molecule has 0 radical (unpaired) electrons. The molecule has 26 heavy (non-hydrogen) atoms. The van der Waals surface area contributed by atoms with E-state index >= 15 is 0 Å². The molecule has 2 aliphatic heterocycles. The van der Waals surface area contributed by atoms with E-state index in [1.54, 1.807) is 26.1 Å². The van der Waals surface area contributed by atoms with Gasteiger partial charge in [0.05, 0.1) is 5.92 Å². The van der Waals surface area contributed by atoms with Crippen molar-refractivity contribution in [1.82, 2.24) is 14.7 Å². The summed E-state index contributed by atoms with van der Waals surface area (Å²) in [7, 11) is 3.84. The Morgan fingerprint density at radius 1 is 1.12 bits per heavy atom. The molecular weight excluding hydrogens is 354 g/mol. The first-order chi connectivity index (χ1) is 12.2. The number of likely N-dealkylation sites (N-methyl/N-ethyl adjacent to an activating group) is 2. The van der Waals surface area contributed by atoms with Crippen LogP contribution in [0.1, 0.15) is 24.9 Å². The lowest BCUT2D eigenvalue weighted by Gasteiger charge is -2.36. The lowest BCUT2D eigenvalue weighted by molar-refractivity contribution is -0.148. The highest BCUT2D eigenvalue weighted by Gasteiger charge is 2.55. The van der Waals surface area contributed by atoms with Crippen molar-refractivity contribution in [2.24, 2.45) is 5.92 Å². The number of hydrogen-bond acceptors (Lipinski definition) is 4. The number of piperazine rings is 1. The minimum absolute atomic E-state index is 0.0508. The Kier molecular flexibility index (Phi) is 5.28. The minimum atomic E-state index is -1.07. The van der Waals surface area contributed by atoms with Gasteiger partial charge >= 0.3 is 5.97 Å². The molecule has 1 N–H and O–H groups in total. The number of halogens is 1. The van der Waals surface area contributed by atoms with E-state index in [-0.39, 0.29) is 17.9 Å². The topological polar surface area (TPSA) is 64.1 Å². The molecule has 0 aromatic heterocycles. The predicted octanol–water partition coefficient (Wildman–Crippen LogP) is 1.95. The van der Waals surface area contributed by atoms with Crippen molar-refractivity contribution in [1.29, 1.82) is 0 Å². The van der Waals surface area contributed by atoms with E-state index < -0.39 is 11.5 Å². The zero-order valence-corrected chi connectivity index (χ0v) is 16.2. The van der Waals surface area contributed by atoms with E-state index in [4.69, 9.17) is 11.6 Å². The highest BCUT2D eigenvalue weighted by atomic mass is 35.5. The van der Waals surface area contributed by atoms with Crippen molar-refractivity contribution in [3.63, 3.8) is 0 Å². The predicted molar refractivity (Wildman–Crippen MR) is 100 cm³/mol. The van der Waals surface area contributed by atoms with Crippen LogP contribution in [0, 0.1) is 5.92 Å². The molecule has 2 saturated heterocycles. The van der Waals surface area contributed by atoms with Gasteiger partial charge < -0.3 is 14.9 Å². The average Bonchev–Trinajstić information content (AvgIpc) is 2.89. The lowest BCUT2D eigenvalue weighted by Crippen LogP contribution is -2.49. The molecule has 3 atom stereocenters. The summed E-state index contributed by atoms with van der Waals surface area (Å²) >= 11 is 6.01. The fourth-order valence-corrected chi connectivity index (χ4v) is 4.22. The van der Waals surface area contributed by atoms with Crippen LogP contribution in [0.3, 0.4) is 0 Å². The van der Waals surface area contributed by atoms with Crippen molar-refractivity contribution >= 4 is 23.5 Å². The van der Waals surface area contributed by atoms with Crippen LogP contribution < -0.4 is 0 Å². The number of carboxylic acid groups (broad SMARTS) is 1. The molecule has 7 heteroatoms. The minimum Gasteiger partial charge on any atom is -0.480 e. The van der Waals surface area contributed by atoms with Crippen LogP contribution >= 0.6 is 11.6 Å². The van der Waals surface area contributed by atoms with E-state index in [1.165, 1.54) is 0 Å². The Morgan fingerprint density at radius 2 is 1.69 bits per heavy atom. The van der Waals surface area contributed by atoms with Gasteiger partial charge in [0.25, 0.3) is 0 Å². The zero-order chi connectivity index (χ0) is 19.1. The van der Waals surface area contributed by atoms with Gasteiger partial charge in [-0.25, -0.2) is 0 Å². The molecule has 0 bridgehead atoms. The number of benzene rings is 1. The first kappa shape index (κ1) is 19.1. The highest BCUT2D eigenvalue weighted by Crippen LogP contribution is 2.46. The monoisotopic (exact) mass is 379 g/mol. The van der Waals surface area contributed by atoms with Gasteiger partial charge in [-0.15, -0.1) is 0 Å². The Labute approximate surface area is 159 Å². The van der Waals surface area contributed by atoms with Gasteiger partial charge in [0.2, 0.25) is 5.91 Å². The molecule has 2 aliphatic rings. The number of carbonyl (C=O) groups is 2. The Bertz CT molecular complexity index is 688. The largest absolute Gasteiger partial charge is 0.480 e. The van der Waals surface area contributed by atoms with Crippen molar-refractivity contribution in [3.8, 4) is 0 Å². The molecule has 0 unspecified atom stereocenters.